The lowest BCUT2D eigenvalue weighted by atomic mass is 10.0. The lowest BCUT2D eigenvalue weighted by molar-refractivity contribution is 0.200. The van der Waals surface area contributed by atoms with Gasteiger partial charge < -0.3 is 5.32 Å². The Kier molecular flexibility index (Phi) is 3.60. The fourth-order valence-corrected chi connectivity index (χ4v) is 3.63. The zero-order chi connectivity index (χ0) is 12.5. The Bertz CT molecular complexity index is 421. The van der Waals surface area contributed by atoms with Crippen LogP contribution >= 0.6 is 11.6 Å². The largest absolute Gasteiger partial charge is 0.310 e. The third kappa shape index (κ3) is 2.42. The van der Waals surface area contributed by atoms with Crippen LogP contribution in [0.2, 0.25) is 5.02 Å². The molecule has 2 aliphatic heterocycles. The summed E-state index contributed by atoms with van der Waals surface area (Å²) in [6, 6.07) is 10.1. The van der Waals surface area contributed by atoms with Crippen molar-refractivity contribution in [2.45, 2.75) is 44.3 Å². The van der Waals surface area contributed by atoms with Crippen molar-refractivity contribution in [2.24, 2.45) is 0 Å². The molecule has 2 saturated heterocycles. The first-order chi connectivity index (χ1) is 8.74. The van der Waals surface area contributed by atoms with Crippen molar-refractivity contribution in [1.82, 2.24) is 10.2 Å². The molecule has 1 aromatic carbocycles. The first-order valence-electron chi connectivity index (χ1n) is 6.98. The third-order valence-electron chi connectivity index (χ3n) is 4.46. The summed E-state index contributed by atoms with van der Waals surface area (Å²) < 4.78 is 0. The second-order valence-corrected chi connectivity index (χ2v) is 6.03. The summed E-state index contributed by atoms with van der Waals surface area (Å²) in [6.07, 6.45) is 3.96. The molecule has 2 heterocycles. The number of nitrogens with zero attached hydrogens (tertiary/aromatic N) is 1. The van der Waals surface area contributed by atoms with Crippen molar-refractivity contribution in [3.05, 3.63) is 34.9 Å². The summed E-state index contributed by atoms with van der Waals surface area (Å²) in [6.45, 7) is 4.61. The molecule has 2 bridgehead atoms. The Hall–Kier alpha value is -0.570. The van der Waals surface area contributed by atoms with Gasteiger partial charge in [0, 0.05) is 36.2 Å². The van der Waals surface area contributed by atoms with Crippen LogP contribution in [-0.2, 0) is 0 Å². The summed E-state index contributed by atoms with van der Waals surface area (Å²) >= 11 is 6.32. The highest BCUT2D eigenvalue weighted by Crippen LogP contribution is 2.30. The van der Waals surface area contributed by atoms with Crippen molar-refractivity contribution >= 4 is 11.6 Å². The summed E-state index contributed by atoms with van der Waals surface area (Å²) in [5.41, 5.74) is 1.26. The molecule has 3 rings (SSSR count). The van der Waals surface area contributed by atoms with Gasteiger partial charge in [-0.25, -0.2) is 0 Å². The number of halogens is 1. The lowest BCUT2D eigenvalue weighted by Crippen LogP contribution is -2.36. The molecule has 3 heteroatoms. The van der Waals surface area contributed by atoms with Gasteiger partial charge in [-0.05, 0) is 37.8 Å². The van der Waals surface area contributed by atoms with Crippen molar-refractivity contribution in [3.8, 4) is 0 Å². The Balaban J connectivity index is 1.76. The maximum Gasteiger partial charge on any atom is 0.0453 e. The zero-order valence-corrected chi connectivity index (χ0v) is 11.7. The average Bonchev–Trinajstić information content (AvgIpc) is 2.69. The van der Waals surface area contributed by atoms with Crippen LogP contribution in [0.5, 0.6) is 0 Å². The van der Waals surface area contributed by atoms with Crippen LogP contribution < -0.4 is 5.32 Å². The molecule has 0 saturated carbocycles. The molecule has 98 valence electrons. The van der Waals surface area contributed by atoms with Gasteiger partial charge in [-0.2, -0.15) is 0 Å². The first-order valence-corrected chi connectivity index (χ1v) is 7.36. The van der Waals surface area contributed by atoms with Crippen LogP contribution in [0.25, 0.3) is 0 Å². The average molecular weight is 265 g/mol. The van der Waals surface area contributed by atoms with Gasteiger partial charge in [-0.1, -0.05) is 29.8 Å². The molecular weight excluding hydrogens is 244 g/mol. The van der Waals surface area contributed by atoms with E-state index in [9.17, 15) is 0 Å². The second kappa shape index (κ2) is 5.20. The number of hydrogen-bond donors (Lipinski definition) is 1. The monoisotopic (exact) mass is 264 g/mol. The van der Waals surface area contributed by atoms with Crippen molar-refractivity contribution < 1.29 is 0 Å². The molecular formula is C15H21ClN2. The SMILES string of the molecule is CC(c1ccccc1Cl)N1CCC2CCC(C1)N2. The lowest BCUT2D eigenvalue weighted by Gasteiger charge is -2.31. The van der Waals surface area contributed by atoms with E-state index in [4.69, 9.17) is 11.6 Å². The quantitative estimate of drug-likeness (QED) is 0.882. The van der Waals surface area contributed by atoms with Crippen LogP contribution in [-0.4, -0.2) is 30.1 Å². The fourth-order valence-electron chi connectivity index (χ4n) is 3.33. The molecule has 0 radical (unpaired) electrons. The maximum absolute atomic E-state index is 6.32. The summed E-state index contributed by atoms with van der Waals surface area (Å²) in [5.74, 6) is 0. The minimum Gasteiger partial charge on any atom is -0.310 e. The van der Waals surface area contributed by atoms with Crippen LogP contribution in [0, 0.1) is 0 Å². The standard InChI is InChI=1S/C15H21ClN2/c1-11(14-4-2-3-5-15(14)16)18-9-8-12-6-7-13(10-18)17-12/h2-5,11-13,17H,6-10H2,1H3. The van der Waals surface area contributed by atoms with Gasteiger partial charge in [0.05, 0.1) is 0 Å². The smallest absolute Gasteiger partial charge is 0.0453 e. The number of benzene rings is 1. The molecule has 0 spiro atoms. The zero-order valence-electron chi connectivity index (χ0n) is 10.9. The van der Waals surface area contributed by atoms with Gasteiger partial charge in [0.2, 0.25) is 0 Å². The van der Waals surface area contributed by atoms with Gasteiger partial charge >= 0.3 is 0 Å². The van der Waals surface area contributed by atoms with Gasteiger partial charge in [0.15, 0.2) is 0 Å². The second-order valence-electron chi connectivity index (χ2n) is 5.62. The molecule has 3 atom stereocenters. The summed E-state index contributed by atoms with van der Waals surface area (Å²) in [5, 5.41) is 4.62. The molecule has 0 aliphatic carbocycles. The van der Waals surface area contributed by atoms with Gasteiger partial charge in [-0.15, -0.1) is 0 Å². The third-order valence-corrected chi connectivity index (χ3v) is 4.80. The Labute approximate surface area is 114 Å². The van der Waals surface area contributed by atoms with Gasteiger partial charge in [-0.3, -0.25) is 4.90 Å². The van der Waals surface area contributed by atoms with E-state index in [2.05, 4.69) is 29.3 Å². The fraction of sp³-hybridized carbons (Fsp3) is 0.600. The molecule has 3 unspecified atom stereocenters. The van der Waals surface area contributed by atoms with Crippen molar-refractivity contribution in [3.63, 3.8) is 0 Å². The van der Waals surface area contributed by atoms with Crippen LogP contribution in [0.1, 0.15) is 37.8 Å². The van der Waals surface area contributed by atoms with Crippen LogP contribution in [0.4, 0.5) is 0 Å². The van der Waals surface area contributed by atoms with Crippen LogP contribution in [0.15, 0.2) is 24.3 Å². The number of likely N-dealkylation sites (tertiary alicyclic amines) is 1. The molecule has 2 aliphatic rings. The van der Waals surface area contributed by atoms with E-state index in [-0.39, 0.29) is 0 Å². The summed E-state index contributed by atoms with van der Waals surface area (Å²) in [7, 11) is 0. The van der Waals surface area contributed by atoms with Crippen molar-refractivity contribution in [2.75, 3.05) is 13.1 Å². The Morgan fingerprint density at radius 3 is 2.83 bits per heavy atom. The van der Waals surface area contributed by atoms with E-state index in [1.807, 2.05) is 12.1 Å². The van der Waals surface area contributed by atoms with E-state index in [0.717, 1.165) is 17.6 Å². The van der Waals surface area contributed by atoms with Gasteiger partial charge in [0.1, 0.15) is 0 Å². The maximum atomic E-state index is 6.32. The van der Waals surface area contributed by atoms with Crippen molar-refractivity contribution in [1.29, 1.82) is 0 Å². The number of rotatable bonds is 2. The number of fused-ring (bicyclic) bond motifs is 2. The predicted octanol–water partition coefficient (Wildman–Crippen LogP) is 3.23. The molecule has 1 N–H and O–H groups in total. The molecule has 2 fully saturated rings. The molecule has 1 aromatic rings. The number of hydrogen-bond acceptors (Lipinski definition) is 2. The predicted molar refractivity (Wildman–Crippen MR) is 76.0 cm³/mol. The minimum absolute atomic E-state index is 0.417. The van der Waals surface area contributed by atoms with E-state index < -0.39 is 0 Å². The minimum atomic E-state index is 0.417. The highest BCUT2D eigenvalue weighted by atomic mass is 35.5. The van der Waals surface area contributed by atoms with E-state index >= 15 is 0 Å². The Morgan fingerprint density at radius 2 is 2.00 bits per heavy atom. The van der Waals surface area contributed by atoms with Crippen LogP contribution in [0.3, 0.4) is 0 Å². The molecule has 18 heavy (non-hydrogen) atoms. The Morgan fingerprint density at radius 1 is 1.22 bits per heavy atom. The summed E-state index contributed by atoms with van der Waals surface area (Å²) in [4.78, 5) is 2.58. The van der Waals surface area contributed by atoms with E-state index in [0.29, 0.717) is 12.1 Å². The molecule has 2 nitrogen and oxygen atoms in total. The highest BCUT2D eigenvalue weighted by molar-refractivity contribution is 6.31. The molecule has 0 amide bonds. The van der Waals surface area contributed by atoms with E-state index in [1.54, 1.807) is 0 Å². The van der Waals surface area contributed by atoms with Gasteiger partial charge in [0.25, 0.3) is 0 Å². The normalized spacial score (nSPS) is 30.1. The molecule has 0 aromatic heterocycles. The highest BCUT2D eigenvalue weighted by Gasteiger charge is 2.31. The van der Waals surface area contributed by atoms with E-state index in [1.165, 1.54) is 31.4 Å². The number of nitrogens with one attached hydrogen (secondary N) is 1. The first kappa shape index (κ1) is 12.5. The topological polar surface area (TPSA) is 15.3 Å².